The second kappa shape index (κ2) is 4.63. The Labute approximate surface area is 101 Å². The number of halogens is 1. The summed E-state index contributed by atoms with van der Waals surface area (Å²) in [5, 5.41) is 0. The molecule has 1 aromatic carbocycles. The average molecular weight is 239 g/mol. The van der Waals surface area contributed by atoms with Gasteiger partial charge in [0.2, 0.25) is 0 Å². The molecule has 0 fully saturated rings. The van der Waals surface area contributed by atoms with Crippen LogP contribution in [0.2, 0.25) is 0 Å². The zero-order chi connectivity index (χ0) is 12.5. The van der Waals surface area contributed by atoms with Gasteiger partial charge in [0.25, 0.3) is 0 Å². The van der Waals surface area contributed by atoms with Crippen molar-refractivity contribution in [2.24, 2.45) is 5.73 Å². The van der Waals surface area contributed by atoms with Gasteiger partial charge < -0.3 is 15.2 Å². The van der Waals surface area contributed by atoms with E-state index in [-0.39, 0.29) is 17.5 Å². The van der Waals surface area contributed by atoms with Crippen LogP contribution in [-0.4, -0.2) is 19.3 Å². The molecular weight excluding hydrogens is 221 g/mol. The third kappa shape index (κ3) is 2.58. The summed E-state index contributed by atoms with van der Waals surface area (Å²) in [6.07, 6.45) is 1.46. The Morgan fingerprint density at radius 3 is 3.06 bits per heavy atom. The maximum absolute atomic E-state index is 13.2. The van der Waals surface area contributed by atoms with Crippen molar-refractivity contribution in [3.05, 3.63) is 29.6 Å². The van der Waals surface area contributed by atoms with Gasteiger partial charge in [-0.25, -0.2) is 4.39 Å². The first kappa shape index (κ1) is 12.3. The number of fused-ring (bicyclic) bond motifs is 1. The molecule has 2 rings (SSSR count). The fourth-order valence-electron chi connectivity index (χ4n) is 2.26. The lowest BCUT2D eigenvalue weighted by molar-refractivity contribution is 0.0213. The lowest BCUT2D eigenvalue weighted by atomic mass is 9.87. The molecule has 0 aromatic heterocycles. The molecule has 3 nitrogen and oxygen atoms in total. The molecule has 0 saturated heterocycles. The molecular formula is C13H18FNO2. The second-order valence-corrected chi connectivity index (χ2v) is 4.79. The van der Waals surface area contributed by atoms with Gasteiger partial charge >= 0.3 is 0 Å². The predicted molar refractivity (Wildman–Crippen MR) is 63.5 cm³/mol. The lowest BCUT2D eigenvalue weighted by Crippen LogP contribution is -2.41. The number of rotatable bonds is 3. The van der Waals surface area contributed by atoms with Gasteiger partial charge in [-0.15, -0.1) is 0 Å². The molecule has 0 radical (unpaired) electrons. The largest absolute Gasteiger partial charge is 0.487 e. The quantitative estimate of drug-likeness (QED) is 0.881. The van der Waals surface area contributed by atoms with E-state index in [0.29, 0.717) is 12.4 Å². The highest BCUT2D eigenvalue weighted by atomic mass is 19.1. The van der Waals surface area contributed by atoms with Crippen molar-refractivity contribution in [2.75, 3.05) is 13.7 Å². The Kier molecular flexibility index (Phi) is 3.35. The van der Waals surface area contributed by atoms with Crippen molar-refractivity contribution < 1.29 is 13.9 Å². The van der Waals surface area contributed by atoms with Gasteiger partial charge in [-0.2, -0.15) is 0 Å². The van der Waals surface area contributed by atoms with Gasteiger partial charge in [0.15, 0.2) is 0 Å². The van der Waals surface area contributed by atoms with E-state index in [1.807, 2.05) is 6.92 Å². The SMILES string of the molecule is COCCC1(C)C[C@H](N)c2ccc(F)cc2O1. The number of benzene rings is 1. The Morgan fingerprint density at radius 2 is 2.35 bits per heavy atom. The van der Waals surface area contributed by atoms with Crippen LogP contribution in [0.4, 0.5) is 4.39 Å². The number of methoxy groups -OCH3 is 1. The number of nitrogens with two attached hydrogens (primary N) is 1. The fraction of sp³-hybridized carbons (Fsp3) is 0.538. The molecule has 1 heterocycles. The van der Waals surface area contributed by atoms with Crippen LogP contribution in [0.15, 0.2) is 18.2 Å². The molecule has 0 bridgehead atoms. The molecule has 17 heavy (non-hydrogen) atoms. The Balaban J connectivity index is 2.25. The van der Waals surface area contributed by atoms with E-state index in [2.05, 4.69) is 0 Å². The summed E-state index contributed by atoms with van der Waals surface area (Å²) in [4.78, 5) is 0. The third-order valence-electron chi connectivity index (χ3n) is 3.22. The zero-order valence-corrected chi connectivity index (χ0v) is 10.2. The molecule has 4 heteroatoms. The maximum atomic E-state index is 13.2. The molecule has 0 aliphatic carbocycles. The highest BCUT2D eigenvalue weighted by molar-refractivity contribution is 5.39. The molecule has 0 amide bonds. The number of hydrogen-bond donors (Lipinski definition) is 1. The summed E-state index contributed by atoms with van der Waals surface area (Å²) in [7, 11) is 1.65. The molecule has 2 atom stereocenters. The smallest absolute Gasteiger partial charge is 0.127 e. The maximum Gasteiger partial charge on any atom is 0.127 e. The number of ether oxygens (including phenoxy) is 2. The van der Waals surface area contributed by atoms with Gasteiger partial charge in [-0.1, -0.05) is 6.07 Å². The van der Waals surface area contributed by atoms with Gasteiger partial charge in [-0.05, 0) is 13.0 Å². The second-order valence-electron chi connectivity index (χ2n) is 4.79. The van der Waals surface area contributed by atoms with Gasteiger partial charge in [-0.3, -0.25) is 0 Å². The summed E-state index contributed by atoms with van der Waals surface area (Å²) in [5.74, 6) is 0.259. The van der Waals surface area contributed by atoms with Gasteiger partial charge in [0.1, 0.15) is 17.2 Å². The van der Waals surface area contributed by atoms with Crippen molar-refractivity contribution in [3.63, 3.8) is 0 Å². The Hall–Kier alpha value is -1.13. The van der Waals surface area contributed by atoms with E-state index in [4.69, 9.17) is 15.2 Å². The fourth-order valence-corrected chi connectivity index (χ4v) is 2.26. The van der Waals surface area contributed by atoms with E-state index >= 15 is 0 Å². The van der Waals surface area contributed by atoms with Crippen LogP contribution in [0.5, 0.6) is 5.75 Å². The molecule has 1 aliphatic rings. The van der Waals surface area contributed by atoms with Crippen molar-refractivity contribution in [1.29, 1.82) is 0 Å². The van der Waals surface area contributed by atoms with Crippen LogP contribution in [0, 0.1) is 5.82 Å². The summed E-state index contributed by atoms with van der Waals surface area (Å²) in [6, 6.07) is 4.41. The van der Waals surface area contributed by atoms with Crippen molar-refractivity contribution in [1.82, 2.24) is 0 Å². The monoisotopic (exact) mass is 239 g/mol. The van der Waals surface area contributed by atoms with Crippen molar-refractivity contribution in [2.45, 2.75) is 31.4 Å². The highest BCUT2D eigenvalue weighted by Crippen LogP contribution is 2.40. The first-order chi connectivity index (χ1) is 8.04. The summed E-state index contributed by atoms with van der Waals surface area (Å²) < 4.78 is 24.1. The van der Waals surface area contributed by atoms with E-state index in [9.17, 15) is 4.39 Å². The van der Waals surface area contributed by atoms with Crippen LogP contribution < -0.4 is 10.5 Å². The van der Waals surface area contributed by atoms with E-state index in [1.165, 1.54) is 12.1 Å². The topological polar surface area (TPSA) is 44.5 Å². The zero-order valence-electron chi connectivity index (χ0n) is 10.2. The van der Waals surface area contributed by atoms with Crippen LogP contribution >= 0.6 is 0 Å². The predicted octanol–water partition coefficient (Wildman–Crippen LogP) is 2.40. The minimum atomic E-state index is -0.379. The molecule has 0 spiro atoms. The van der Waals surface area contributed by atoms with E-state index < -0.39 is 0 Å². The molecule has 1 aliphatic heterocycles. The Morgan fingerprint density at radius 1 is 1.59 bits per heavy atom. The van der Waals surface area contributed by atoms with Crippen molar-refractivity contribution >= 4 is 0 Å². The van der Waals surface area contributed by atoms with Crippen LogP contribution in [0.25, 0.3) is 0 Å². The molecule has 1 unspecified atom stereocenters. The van der Waals surface area contributed by atoms with Crippen LogP contribution in [0.1, 0.15) is 31.4 Å². The van der Waals surface area contributed by atoms with E-state index in [0.717, 1.165) is 18.4 Å². The molecule has 0 saturated carbocycles. The third-order valence-corrected chi connectivity index (χ3v) is 3.22. The average Bonchev–Trinajstić information content (AvgIpc) is 2.25. The molecule has 2 N–H and O–H groups in total. The molecule has 94 valence electrons. The number of hydrogen-bond acceptors (Lipinski definition) is 3. The first-order valence-electron chi connectivity index (χ1n) is 5.77. The summed E-state index contributed by atoms with van der Waals surface area (Å²) in [5.41, 5.74) is 6.60. The van der Waals surface area contributed by atoms with Gasteiger partial charge in [0, 0.05) is 44.2 Å². The normalized spacial score (nSPS) is 27.4. The standard InChI is InChI=1S/C13H18FNO2/c1-13(5-6-16-2)8-11(15)10-4-3-9(14)7-12(10)17-13/h3-4,7,11H,5-6,8,15H2,1-2H3/t11-,13?/m0/s1. The van der Waals surface area contributed by atoms with E-state index in [1.54, 1.807) is 13.2 Å². The molecule has 1 aromatic rings. The van der Waals surface area contributed by atoms with Crippen molar-refractivity contribution in [3.8, 4) is 5.75 Å². The summed E-state index contributed by atoms with van der Waals surface area (Å²) in [6.45, 7) is 2.59. The van der Waals surface area contributed by atoms with Crippen LogP contribution in [0.3, 0.4) is 0 Å². The minimum Gasteiger partial charge on any atom is -0.487 e. The lowest BCUT2D eigenvalue weighted by Gasteiger charge is -2.38. The first-order valence-corrected chi connectivity index (χ1v) is 5.77. The summed E-state index contributed by atoms with van der Waals surface area (Å²) >= 11 is 0. The highest BCUT2D eigenvalue weighted by Gasteiger charge is 2.35. The Bertz CT molecular complexity index is 410. The van der Waals surface area contributed by atoms with Gasteiger partial charge in [0.05, 0.1) is 0 Å². The van der Waals surface area contributed by atoms with Crippen LogP contribution in [-0.2, 0) is 4.74 Å². The minimum absolute atomic E-state index is 0.110.